The second kappa shape index (κ2) is 8.16. The summed E-state index contributed by atoms with van der Waals surface area (Å²) in [6.45, 7) is 2.35. The molecule has 2 aromatic rings. The van der Waals surface area contributed by atoms with E-state index in [4.69, 9.17) is 11.6 Å². The normalized spacial score (nSPS) is 21.0. The molecule has 3 amide bonds. The molecule has 0 aliphatic carbocycles. The van der Waals surface area contributed by atoms with Gasteiger partial charge in [-0.2, -0.15) is 5.10 Å². The minimum Gasteiger partial charge on any atom is -0.321 e. The summed E-state index contributed by atoms with van der Waals surface area (Å²) < 4.78 is 0. The highest BCUT2D eigenvalue weighted by molar-refractivity contribution is 6.31. The highest BCUT2D eigenvalue weighted by Gasteiger charge is 2.48. The average molecular weight is 425 g/mol. The number of likely N-dealkylation sites (N-methyl/N-ethyl adjacent to an activating group) is 1. The summed E-state index contributed by atoms with van der Waals surface area (Å²) in [4.78, 5) is 32.4. The van der Waals surface area contributed by atoms with Gasteiger partial charge in [0, 0.05) is 18.6 Å². The van der Waals surface area contributed by atoms with E-state index in [-0.39, 0.29) is 0 Å². The van der Waals surface area contributed by atoms with Crippen LogP contribution in [0.5, 0.6) is 0 Å². The van der Waals surface area contributed by atoms with Gasteiger partial charge in [0.25, 0.3) is 5.91 Å². The van der Waals surface area contributed by atoms with E-state index in [0.717, 1.165) is 16.7 Å². The topological polar surface area (TPSA) is 89.4 Å². The maximum atomic E-state index is 12.6. The fraction of sp³-hybridized carbons (Fsp3) is 0.238. The number of amides is 3. The van der Waals surface area contributed by atoms with Crippen molar-refractivity contribution in [3.8, 4) is 0 Å². The van der Waals surface area contributed by atoms with Gasteiger partial charge in [0.05, 0.1) is 6.21 Å². The number of guanidine groups is 1. The maximum Gasteiger partial charge on any atom is 0.325 e. The third-order valence-corrected chi connectivity index (χ3v) is 5.48. The lowest BCUT2D eigenvalue weighted by atomic mass is 10.1. The molecule has 0 bridgehead atoms. The standard InChI is InChI=1S/C21H21ClN6O2/c1-13-7-9-14(10-8-13)11-23-26-20-24-18-17(19(29)25-21(30)27(18)2)28(20)12-15-5-3-4-6-16(15)22/h3-11,17-18H,12H2,1-2H3,(H,24,26)(H,25,29,30)/b23-11+. The molecule has 2 heterocycles. The first-order valence-electron chi connectivity index (χ1n) is 9.45. The number of aliphatic imine (C=N–C) groups is 1. The lowest BCUT2D eigenvalue weighted by Crippen LogP contribution is -2.63. The molecular formula is C21H21ClN6O2. The highest BCUT2D eigenvalue weighted by Crippen LogP contribution is 2.27. The number of hydrazone groups is 1. The number of fused-ring (bicyclic) bond motifs is 1. The molecule has 9 heteroatoms. The van der Waals surface area contributed by atoms with Crippen LogP contribution in [0.2, 0.25) is 5.02 Å². The molecule has 0 saturated carbocycles. The summed E-state index contributed by atoms with van der Waals surface area (Å²) in [5.41, 5.74) is 5.85. The fourth-order valence-corrected chi connectivity index (χ4v) is 3.61. The van der Waals surface area contributed by atoms with E-state index in [1.165, 1.54) is 4.90 Å². The highest BCUT2D eigenvalue weighted by atomic mass is 35.5. The summed E-state index contributed by atoms with van der Waals surface area (Å²) in [5, 5.41) is 7.24. The number of benzene rings is 2. The Morgan fingerprint density at radius 3 is 2.67 bits per heavy atom. The van der Waals surface area contributed by atoms with E-state index in [0.29, 0.717) is 17.5 Å². The lowest BCUT2D eigenvalue weighted by molar-refractivity contribution is -0.127. The molecular weight excluding hydrogens is 404 g/mol. The summed E-state index contributed by atoms with van der Waals surface area (Å²) >= 11 is 6.33. The third kappa shape index (κ3) is 3.86. The number of carbonyl (C=O) groups excluding carboxylic acids is 2. The summed E-state index contributed by atoms with van der Waals surface area (Å²) in [5.74, 6) is -0.0109. The zero-order chi connectivity index (χ0) is 21.3. The van der Waals surface area contributed by atoms with Gasteiger partial charge in [0.2, 0.25) is 5.96 Å². The van der Waals surface area contributed by atoms with Gasteiger partial charge in [-0.05, 0) is 24.1 Å². The minimum atomic E-state index is -0.680. The van der Waals surface area contributed by atoms with E-state index in [1.54, 1.807) is 24.2 Å². The van der Waals surface area contributed by atoms with Crippen LogP contribution < -0.4 is 10.7 Å². The molecule has 1 saturated heterocycles. The molecule has 8 nitrogen and oxygen atoms in total. The Hall–Kier alpha value is -3.39. The Kier molecular flexibility index (Phi) is 5.41. The van der Waals surface area contributed by atoms with Crippen molar-refractivity contribution >= 4 is 35.7 Å². The lowest BCUT2D eigenvalue weighted by Gasteiger charge is -2.36. The Morgan fingerprint density at radius 2 is 1.93 bits per heavy atom. The number of aryl methyl sites for hydroxylation is 1. The van der Waals surface area contributed by atoms with Gasteiger partial charge in [-0.15, -0.1) is 0 Å². The second-order valence-corrected chi connectivity index (χ2v) is 7.62. The Labute approximate surface area is 179 Å². The fourth-order valence-electron chi connectivity index (χ4n) is 3.42. The SMILES string of the molecule is Cc1ccc(/C=N/NC2=NC3C(C(=O)NC(=O)N3C)N2Cc2ccccc2Cl)cc1. The zero-order valence-electron chi connectivity index (χ0n) is 16.5. The van der Waals surface area contributed by atoms with Gasteiger partial charge in [0.1, 0.15) is 0 Å². The molecule has 0 aromatic heterocycles. The molecule has 0 radical (unpaired) electrons. The number of rotatable bonds is 4. The number of hydrogen-bond donors (Lipinski definition) is 2. The van der Waals surface area contributed by atoms with Gasteiger partial charge in [-0.25, -0.2) is 15.2 Å². The molecule has 0 spiro atoms. The van der Waals surface area contributed by atoms with Crippen LogP contribution >= 0.6 is 11.6 Å². The van der Waals surface area contributed by atoms with Crippen molar-refractivity contribution in [3.63, 3.8) is 0 Å². The van der Waals surface area contributed by atoms with Crippen molar-refractivity contribution < 1.29 is 9.59 Å². The number of imide groups is 1. The molecule has 2 unspecified atom stereocenters. The Bertz CT molecular complexity index is 1040. The molecule has 2 aliphatic heterocycles. The first-order chi connectivity index (χ1) is 14.4. The first kappa shape index (κ1) is 19.9. The number of carbonyl (C=O) groups is 2. The van der Waals surface area contributed by atoms with E-state index < -0.39 is 24.1 Å². The maximum absolute atomic E-state index is 12.6. The van der Waals surface area contributed by atoms with Crippen LogP contribution in [0.3, 0.4) is 0 Å². The van der Waals surface area contributed by atoms with Gasteiger partial charge >= 0.3 is 6.03 Å². The molecule has 30 heavy (non-hydrogen) atoms. The van der Waals surface area contributed by atoms with Gasteiger partial charge in [-0.1, -0.05) is 59.6 Å². The van der Waals surface area contributed by atoms with E-state index >= 15 is 0 Å². The van der Waals surface area contributed by atoms with Crippen molar-refractivity contribution in [3.05, 3.63) is 70.2 Å². The van der Waals surface area contributed by atoms with Gasteiger partial charge in [-0.3, -0.25) is 10.1 Å². The number of hydrogen-bond acceptors (Lipinski definition) is 6. The summed E-state index contributed by atoms with van der Waals surface area (Å²) in [7, 11) is 1.61. The quantitative estimate of drug-likeness (QED) is 0.582. The van der Waals surface area contributed by atoms with Crippen molar-refractivity contribution in [1.29, 1.82) is 0 Å². The van der Waals surface area contributed by atoms with E-state index in [1.807, 2.05) is 49.4 Å². The first-order valence-corrected chi connectivity index (χ1v) is 9.83. The van der Waals surface area contributed by atoms with Crippen molar-refractivity contribution in [2.45, 2.75) is 25.7 Å². The molecule has 2 aromatic carbocycles. The van der Waals surface area contributed by atoms with Gasteiger partial charge in [0.15, 0.2) is 12.2 Å². The van der Waals surface area contributed by atoms with Crippen LogP contribution in [-0.4, -0.2) is 53.2 Å². The average Bonchev–Trinajstić information content (AvgIpc) is 3.08. The van der Waals surface area contributed by atoms with Crippen LogP contribution in [0.15, 0.2) is 58.6 Å². The van der Waals surface area contributed by atoms with Crippen LogP contribution in [-0.2, 0) is 11.3 Å². The zero-order valence-corrected chi connectivity index (χ0v) is 17.3. The molecule has 4 rings (SSSR count). The largest absolute Gasteiger partial charge is 0.325 e. The Balaban J connectivity index is 1.61. The molecule has 1 fully saturated rings. The Morgan fingerprint density at radius 1 is 1.20 bits per heavy atom. The van der Waals surface area contributed by atoms with Crippen LogP contribution in [0, 0.1) is 6.92 Å². The monoisotopic (exact) mass is 424 g/mol. The van der Waals surface area contributed by atoms with Crippen LogP contribution in [0.1, 0.15) is 16.7 Å². The predicted octanol–water partition coefficient (Wildman–Crippen LogP) is 2.32. The van der Waals surface area contributed by atoms with Crippen molar-refractivity contribution in [2.24, 2.45) is 10.1 Å². The van der Waals surface area contributed by atoms with Crippen LogP contribution in [0.25, 0.3) is 0 Å². The second-order valence-electron chi connectivity index (χ2n) is 7.22. The number of nitrogens with one attached hydrogen (secondary N) is 2. The number of urea groups is 1. The smallest absolute Gasteiger partial charge is 0.321 e. The van der Waals surface area contributed by atoms with E-state index in [2.05, 4.69) is 20.8 Å². The predicted molar refractivity (Wildman–Crippen MR) is 115 cm³/mol. The molecule has 2 atom stereocenters. The third-order valence-electron chi connectivity index (χ3n) is 5.11. The minimum absolute atomic E-state index is 0.335. The summed E-state index contributed by atoms with van der Waals surface area (Å²) in [6.07, 6.45) is 1.03. The van der Waals surface area contributed by atoms with E-state index in [9.17, 15) is 9.59 Å². The molecule has 2 aliphatic rings. The molecule has 2 N–H and O–H groups in total. The summed E-state index contributed by atoms with van der Waals surface area (Å²) in [6, 6.07) is 14.2. The molecule has 154 valence electrons. The van der Waals surface area contributed by atoms with Crippen LogP contribution in [0.4, 0.5) is 4.79 Å². The number of nitrogens with zero attached hydrogens (tertiary/aromatic N) is 4. The van der Waals surface area contributed by atoms with Crippen molar-refractivity contribution in [1.82, 2.24) is 20.5 Å². The van der Waals surface area contributed by atoms with Crippen molar-refractivity contribution in [2.75, 3.05) is 7.05 Å². The number of halogens is 1. The van der Waals surface area contributed by atoms with Gasteiger partial charge < -0.3 is 9.80 Å².